The third kappa shape index (κ3) is 3.68. The molecule has 0 spiro atoms. The van der Waals surface area contributed by atoms with Crippen molar-refractivity contribution in [3.63, 3.8) is 0 Å². The van der Waals surface area contributed by atoms with Crippen LogP contribution in [-0.2, 0) is 6.18 Å². The average molecular weight is 285 g/mol. The van der Waals surface area contributed by atoms with Gasteiger partial charge in [-0.15, -0.1) is 0 Å². The first-order valence-corrected chi connectivity index (χ1v) is 7.34. The van der Waals surface area contributed by atoms with Gasteiger partial charge in [0.25, 0.3) is 0 Å². The van der Waals surface area contributed by atoms with Crippen molar-refractivity contribution in [3.05, 3.63) is 29.3 Å². The summed E-state index contributed by atoms with van der Waals surface area (Å²) in [7, 11) is 0. The first kappa shape index (κ1) is 15.2. The summed E-state index contributed by atoms with van der Waals surface area (Å²) in [5.74, 6) is 0.701. The van der Waals surface area contributed by atoms with E-state index in [-0.39, 0.29) is 0 Å². The fourth-order valence-corrected chi connectivity index (χ4v) is 2.97. The number of hydrogen-bond acceptors (Lipinski definition) is 1. The molecule has 1 saturated carbocycles. The van der Waals surface area contributed by atoms with Gasteiger partial charge in [-0.05, 0) is 43.4 Å². The lowest BCUT2D eigenvalue weighted by Crippen LogP contribution is -2.27. The lowest BCUT2D eigenvalue weighted by atomic mass is 9.84. The number of hydrogen-bond donors (Lipinski definition) is 1. The fraction of sp³-hybridized carbons (Fsp3) is 0.625. The summed E-state index contributed by atoms with van der Waals surface area (Å²) < 4.78 is 38.3. The van der Waals surface area contributed by atoms with Crippen molar-refractivity contribution in [2.24, 2.45) is 5.92 Å². The van der Waals surface area contributed by atoms with Gasteiger partial charge in [0.05, 0.1) is 5.56 Å². The third-order valence-electron chi connectivity index (χ3n) is 4.28. The molecular weight excluding hydrogens is 263 g/mol. The Morgan fingerprint density at radius 1 is 1.25 bits per heavy atom. The highest BCUT2D eigenvalue weighted by atomic mass is 19.4. The molecule has 0 aromatic heterocycles. The summed E-state index contributed by atoms with van der Waals surface area (Å²) in [5, 5.41) is 3.33. The number of nitrogens with one attached hydrogen (secondary N) is 1. The zero-order chi connectivity index (χ0) is 14.8. The minimum atomic E-state index is -4.28. The lowest BCUT2D eigenvalue weighted by Gasteiger charge is -2.30. The fourth-order valence-electron chi connectivity index (χ4n) is 2.97. The van der Waals surface area contributed by atoms with E-state index < -0.39 is 11.7 Å². The molecule has 1 aliphatic carbocycles. The zero-order valence-electron chi connectivity index (χ0n) is 12.1. The molecule has 0 radical (unpaired) electrons. The maximum Gasteiger partial charge on any atom is 0.416 e. The van der Waals surface area contributed by atoms with E-state index >= 15 is 0 Å². The van der Waals surface area contributed by atoms with Gasteiger partial charge in [-0.3, -0.25) is 0 Å². The highest BCUT2D eigenvalue weighted by Crippen LogP contribution is 2.34. The molecule has 1 aromatic rings. The van der Waals surface area contributed by atoms with Gasteiger partial charge in [0.15, 0.2) is 0 Å². The molecule has 0 aliphatic heterocycles. The van der Waals surface area contributed by atoms with Gasteiger partial charge >= 0.3 is 6.18 Å². The van der Waals surface area contributed by atoms with E-state index in [9.17, 15) is 13.2 Å². The van der Waals surface area contributed by atoms with Crippen LogP contribution in [0.15, 0.2) is 18.2 Å². The van der Waals surface area contributed by atoms with Crippen molar-refractivity contribution in [1.82, 2.24) is 0 Å². The molecule has 0 saturated heterocycles. The second-order valence-electron chi connectivity index (χ2n) is 5.81. The van der Waals surface area contributed by atoms with E-state index in [1.165, 1.54) is 12.5 Å². The van der Waals surface area contributed by atoms with Gasteiger partial charge in [-0.2, -0.15) is 13.2 Å². The molecule has 2 atom stereocenters. The molecular formula is C16H22F3N. The van der Waals surface area contributed by atoms with Crippen LogP contribution < -0.4 is 5.32 Å². The third-order valence-corrected chi connectivity index (χ3v) is 4.28. The number of rotatable bonds is 3. The number of aryl methyl sites for hydroxylation is 1. The van der Waals surface area contributed by atoms with Crippen LogP contribution in [0.1, 0.15) is 50.2 Å². The molecule has 1 aromatic carbocycles. The number of alkyl halides is 3. The predicted octanol–water partition coefficient (Wildman–Crippen LogP) is 5.39. The normalized spacial score (nSPS) is 23.6. The summed E-state index contributed by atoms with van der Waals surface area (Å²) in [4.78, 5) is 0. The molecule has 1 N–H and O–H groups in total. The van der Waals surface area contributed by atoms with E-state index in [0.717, 1.165) is 37.3 Å². The van der Waals surface area contributed by atoms with Crippen molar-refractivity contribution in [3.8, 4) is 0 Å². The summed E-state index contributed by atoms with van der Waals surface area (Å²) in [6, 6.07) is 4.24. The second kappa shape index (κ2) is 6.06. The van der Waals surface area contributed by atoms with Crippen LogP contribution in [0.2, 0.25) is 0 Å². The molecule has 112 valence electrons. The molecule has 4 heteroatoms. The topological polar surface area (TPSA) is 12.0 Å². The van der Waals surface area contributed by atoms with Crippen LogP contribution >= 0.6 is 0 Å². The molecule has 20 heavy (non-hydrogen) atoms. The van der Waals surface area contributed by atoms with Crippen molar-refractivity contribution in [2.45, 2.75) is 58.2 Å². The Bertz CT molecular complexity index is 454. The summed E-state index contributed by atoms with van der Waals surface area (Å²) >= 11 is 0. The first-order valence-electron chi connectivity index (χ1n) is 7.34. The standard InChI is InChI=1S/C16H22F3N/c1-3-12-5-4-6-14(9-12)20-15-10-13(16(17,18)19)8-7-11(15)2/h7-8,10,12,14,20H,3-6,9H2,1-2H3. The van der Waals surface area contributed by atoms with Crippen LogP contribution in [0.5, 0.6) is 0 Å². The Labute approximate surface area is 118 Å². The maximum atomic E-state index is 12.8. The van der Waals surface area contributed by atoms with Crippen LogP contribution in [0.3, 0.4) is 0 Å². The monoisotopic (exact) mass is 285 g/mol. The van der Waals surface area contributed by atoms with Crippen molar-refractivity contribution < 1.29 is 13.2 Å². The van der Waals surface area contributed by atoms with Gasteiger partial charge < -0.3 is 5.32 Å². The Balaban J connectivity index is 2.12. The van der Waals surface area contributed by atoms with Crippen LogP contribution in [0.4, 0.5) is 18.9 Å². The number of anilines is 1. The van der Waals surface area contributed by atoms with Gasteiger partial charge in [-0.1, -0.05) is 32.3 Å². The largest absolute Gasteiger partial charge is 0.416 e. The molecule has 1 fully saturated rings. The molecule has 0 bridgehead atoms. The minimum Gasteiger partial charge on any atom is -0.382 e. The maximum absolute atomic E-state index is 12.8. The van der Waals surface area contributed by atoms with Crippen molar-refractivity contribution in [1.29, 1.82) is 0 Å². The van der Waals surface area contributed by atoms with E-state index in [1.54, 1.807) is 6.07 Å². The summed E-state index contributed by atoms with van der Waals surface area (Å²) in [6.07, 6.45) is 1.39. The zero-order valence-corrected chi connectivity index (χ0v) is 12.1. The van der Waals surface area contributed by atoms with E-state index in [1.807, 2.05) is 6.92 Å². The average Bonchev–Trinajstić information content (AvgIpc) is 2.40. The van der Waals surface area contributed by atoms with Crippen molar-refractivity contribution in [2.75, 3.05) is 5.32 Å². The molecule has 2 rings (SSSR count). The Kier molecular flexibility index (Phi) is 4.61. The first-order chi connectivity index (χ1) is 9.40. The van der Waals surface area contributed by atoms with Crippen molar-refractivity contribution >= 4 is 5.69 Å². The molecule has 2 unspecified atom stereocenters. The van der Waals surface area contributed by atoms with E-state index in [4.69, 9.17) is 0 Å². The summed E-state index contributed by atoms with van der Waals surface area (Å²) in [6.45, 7) is 4.03. The van der Waals surface area contributed by atoms with Crippen LogP contribution in [0, 0.1) is 12.8 Å². The molecule has 0 heterocycles. The molecule has 0 amide bonds. The Morgan fingerprint density at radius 3 is 2.65 bits per heavy atom. The predicted molar refractivity (Wildman–Crippen MR) is 75.8 cm³/mol. The minimum absolute atomic E-state index is 0.302. The molecule has 1 nitrogen and oxygen atoms in total. The number of benzene rings is 1. The lowest BCUT2D eigenvalue weighted by molar-refractivity contribution is -0.137. The quantitative estimate of drug-likeness (QED) is 0.784. The number of halogens is 3. The summed E-state index contributed by atoms with van der Waals surface area (Å²) in [5.41, 5.74) is 0.923. The van der Waals surface area contributed by atoms with Gasteiger partial charge in [0.2, 0.25) is 0 Å². The second-order valence-corrected chi connectivity index (χ2v) is 5.81. The van der Waals surface area contributed by atoms with Gasteiger partial charge in [0.1, 0.15) is 0 Å². The van der Waals surface area contributed by atoms with Gasteiger partial charge in [-0.25, -0.2) is 0 Å². The Morgan fingerprint density at radius 2 is 2.00 bits per heavy atom. The Hall–Kier alpha value is -1.19. The van der Waals surface area contributed by atoms with Gasteiger partial charge in [0, 0.05) is 11.7 Å². The highest BCUT2D eigenvalue weighted by molar-refractivity contribution is 5.54. The van der Waals surface area contributed by atoms with Crippen LogP contribution in [-0.4, -0.2) is 6.04 Å². The van der Waals surface area contributed by atoms with Crippen LogP contribution in [0.25, 0.3) is 0 Å². The highest BCUT2D eigenvalue weighted by Gasteiger charge is 2.31. The SMILES string of the molecule is CCC1CCCC(Nc2cc(C(F)(F)F)ccc2C)C1. The molecule has 1 aliphatic rings. The smallest absolute Gasteiger partial charge is 0.382 e. The van der Waals surface area contributed by atoms with E-state index in [2.05, 4.69) is 12.2 Å². The van der Waals surface area contributed by atoms with E-state index in [0.29, 0.717) is 17.6 Å².